The van der Waals surface area contributed by atoms with Gasteiger partial charge in [-0.25, -0.2) is 17.6 Å². The SMILES string of the molecule is O=C(NCc1ccc(F)cc1F)c1cn2c(c(O)c1=O)C(=O)N1C(C2)OCC2C3C[C@H]1[C@H]2C3(F)F. The summed E-state index contributed by atoms with van der Waals surface area (Å²) in [6.07, 6.45) is 0.317. The van der Waals surface area contributed by atoms with Crippen molar-refractivity contribution in [2.45, 2.75) is 37.7 Å². The van der Waals surface area contributed by atoms with Crippen molar-refractivity contribution in [3.63, 3.8) is 0 Å². The molecule has 7 rings (SSSR count). The molecule has 1 saturated heterocycles. The van der Waals surface area contributed by atoms with Crippen molar-refractivity contribution in [3.8, 4) is 5.75 Å². The molecule has 184 valence electrons. The number of fused-ring (bicyclic) bond motifs is 2. The average Bonchev–Trinajstić information content (AvgIpc) is 3.26. The third-order valence-corrected chi connectivity index (χ3v) is 7.72. The maximum atomic E-state index is 14.4. The largest absolute Gasteiger partial charge is 0.503 e. The summed E-state index contributed by atoms with van der Waals surface area (Å²) in [5.41, 5.74) is -2.06. The van der Waals surface area contributed by atoms with Gasteiger partial charge in [0.25, 0.3) is 17.7 Å². The summed E-state index contributed by atoms with van der Waals surface area (Å²) < 4.78 is 62.7. The number of rotatable bonds is 3. The number of aromatic hydroxyl groups is 1. The van der Waals surface area contributed by atoms with Gasteiger partial charge in [-0.3, -0.25) is 14.4 Å². The molecular formula is C23H19F4N3O5. The van der Waals surface area contributed by atoms with Crippen LogP contribution in [0.2, 0.25) is 0 Å². The van der Waals surface area contributed by atoms with Gasteiger partial charge in [0.05, 0.1) is 13.2 Å². The molecule has 2 N–H and O–H groups in total. The van der Waals surface area contributed by atoms with Crippen LogP contribution in [0.5, 0.6) is 5.75 Å². The van der Waals surface area contributed by atoms with Gasteiger partial charge in [-0.2, -0.15) is 0 Å². The monoisotopic (exact) mass is 493 g/mol. The van der Waals surface area contributed by atoms with Crippen molar-refractivity contribution in [3.05, 3.63) is 63.1 Å². The Morgan fingerprint density at radius 1 is 1.26 bits per heavy atom. The topological polar surface area (TPSA) is 101 Å². The number of carbonyl (C=O) groups is 2. The predicted molar refractivity (Wildman–Crippen MR) is 110 cm³/mol. The van der Waals surface area contributed by atoms with Crippen molar-refractivity contribution in [1.29, 1.82) is 0 Å². The molecule has 2 aromatic rings. The minimum atomic E-state index is -2.89. The molecule has 3 saturated carbocycles. The molecule has 1 aromatic heterocycles. The van der Waals surface area contributed by atoms with Crippen LogP contribution in [0.3, 0.4) is 0 Å². The lowest BCUT2D eigenvalue weighted by atomic mass is 9.68. The number of hydrogen-bond acceptors (Lipinski definition) is 5. The van der Waals surface area contributed by atoms with Crippen molar-refractivity contribution in [1.82, 2.24) is 14.8 Å². The maximum Gasteiger partial charge on any atom is 0.276 e. The van der Waals surface area contributed by atoms with Crippen LogP contribution in [0, 0.1) is 29.4 Å². The molecule has 3 aliphatic carbocycles. The Labute approximate surface area is 195 Å². The standard InChI is InChI=1S/C23H19F4N3O5/c24-10-2-1-9(14(25)3-10)5-28-21(33)11-6-29-7-16-30(22(34)18(29)20(32)19(11)31)15-4-13-12(8-35-16)17(15)23(13,26)27/h1-3,6,12-13,15-17,32H,4-5,7-8H2,(H,28,33)/t12?,13?,15-,16?,17-/m0/s1. The first-order valence-corrected chi connectivity index (χ1v) is 11.1. The van der Waals surface area contributed by atoms with Crippen LogP contribution >= 0.6 is 0 Å². The number of alkyl halides is 2. The number of nitrogens with one attached hydrogen (secondary N) is 1. The summed E-state index contributed by atoms with van der Waals surface area (Å²) in [7, 11) is 0. The first kappa shape index (κ1) is 22.1. The van der Waals surface area contributed by atoms with Crippen LogP contribution in [0.1, 0.15) is 32.8 Å². The van der Waals surface area contributed by atoms with Gasteiger partial charge in [-0.15, -0.1) is 0 Å². The minimum Gasteiger partial charge on any atom is -0.503 e. The highest BCUT2D eigenvalue weighted by Crippen LogP contribution is 2.66. The van der Waals surface area contributed by atoms with Crippen LogP contribution in [0.25, 0.3) is 0 Å². The second-order valence-corrected chi connectivity index (χ2v) is 9.41. The number of benzene rings is 1. The quantitative estimate of drug-likeness (QED) is 0.636. The van der Waals surface area contributed by atoms with Gasteiger partial charge in [-0.1, -0.05) is 6.07 Å². The molecule has 1 aromatic carbocycles. The van der Waals surface area contributed by atoms with E-state index in [1.165, 1.54) is 9.47 Å². The molecule has 4 bridgehead atoms. The normalized spacial score (nSPS) is 29.7. The van der Waals surface area contributed by atoms with Gasteiger partial charge in [0, 0.05) is 48.2 Å². The fraction of sp³-hybridized carbons (Fsp3) is 0.435. The molecule has 12 heteroatoms. The molecule has 5 atom stereocenters. The van der Waals surface area contributed by atoms with Gasteiger partial charge in [0.1, 0.15) is 17.2 Å². The zero-order valence-corrected chi connectivity index (χ0v) is 18.0. The lowest BCUT2D eigenvalue weighted by Gasteiger charge is -2.44. The van der Waals surface area contributed by atoms with E-state index in [4.69, 9.17) is 4.74 Å². The van der Waals surface area contributed by atoms with E-state index in [0.29, 0.717) is 6.07 Å². The van der Waals surface area contributed by atoms with E-state index in [-0.39, 0.29) is 37.6 Å². The molecule has 2 aliphatic heterocycles. The fourth-order valence-electron chi connectivity index (χ4n) is 6.08. The second-order valence-electron chi connectivity index (χ2n) is 9.41. The van der Waals surface area contributed by atoms with Crippen LogP contribution < -0.4 is 10.7 Å². The Kier molecular flexibility index (Phi) is 4.60. The van der Waals surface area contributed by atoms with Crippen molar-refractivity contribution in [2.24, 2.45) is 17.8 Å². The van der Waals surface area contributed by atoms with Crippen LogP contribution in [-0.2, 0) is 17.8 Å². The van der Waals surface area contributed by atoms with Crippen molar-refractivity contribution < 1.29 is 37.0 Å². The Morgan fingerprint density at radius 2 is 2.03 bits per heavy atom. The summed E-state index contributed by atoms with van der Waals surface area (Å²) in [6.45, 7) is -0.368. The zero-order valence-electron chi connectivity index (χ0n) is 18.0. The Balaban J connectivity index is 1.30. The van der Waals surface area contributed by atoms with E-state index < -0.39 is 75.9 Å². The molecule has 8 nitrogen and oxygen atoms in total. The number of halogens is 4. The maximum absolute atomic E-state index is 14.4. The average molecular weight is 493 g/mol. The van der Waals surface area contributed by atoms with E-state index in [0.717, 1.165) is 18.3 Å². The smallest absolute Gasteiger partial charge is 0.276 e. The van der Waals surface area contributed by atoms with Crippen molar-refractivity contribution >= 4 is 11.8 Å². The molecule has 5 aliphatic rings. The van der Waals surface area contributed by atoms with E-state index in [9.17, 15) is 37.1 Å². The second kappa shape index (κ2) is 7.30. The molecule has 2 amide bonds. The Hall–Kier alpha value is -3.41. The minimum absolute atomic E-state index is 0.0232. The van der Waals surface area contributed by atoms with Gasteiger partial charge in [0.15, 0.2) is 17.7 Å². The molecule has 0 spiro atoms. The lowest BCUT2D eigenvalue weighted by molar-refractivity contribution is -0.203. The third kappa shape index (κ3) is 2.98. The van der Waals surface area contributed by atoms with Gasteiger partial charge >= 0.3 is 0 Å². The molecule has 3 heterocycles. The number of aromatic nitrogens is 1. The van der Waals surface area contributed by atoms with Gasteiger partial charge in [0.2, 0.25) is 5.43 Å². The summed E-state index contributed by atoms with van der Waals surface area (Å²) >= 11 is 0. The number of carbonyl (C=O) groups excluding carboxylic acids is 2. The molecule has 4 fully saturated rings. The number of ether oxygens (including phenoxy) is 1. The first-order chi connectivity index (χ1) is 16.6. The molecule has 0 radical (unpaired) electrons. The Bertz CT molecular complexity index is 1350. The van der Waals surface area contributed by atoms with Gasteiger partial charge in [-0.05, 0) is 12.5 Å². The van der Waals surface area contributed by atoms with Gasteiger partial charge < -0.3 is 24.6 Å². The highest BCUT2D eigenvalue weighted by molar-refractivity contribution is 5.99. The van der Waals surface area contributed by atoms with E-state index in [2.05, 4.69) is 5.32 Å². The highest BCUT2D eigenvalue weighted by Gasteiger charge is 2.75. The fourth-order valence-corrected chi connectivity index (χ4v) is 6.08. The Morgan fingerprint density at radius 3 is 2.77 bits per heavy atom. The lowest BCUT2D eigenvalue weighted by Crippen LogP contribution is -2.57. The van der Waals surface area contributed by atoms with Crippen LogP contribution in [0.15, 0.2) is 29.2 Å². The van der Waals surface area contributed by atoms with E-state index >= 15 is 0 Å². The summed E-state index contributed by atoms with van der Waals surface area (Å²) in [4.78, 5) is 39.9. The number of nitrogens with zero attached hydrogens (tertiary/aromatic N) is 2. The molecule has 35 heavy (non-hydrogen) atoms. The summed E-state index contributed by atoms with van der Waals surface area (Å²) in [5, 5.41) is 12.9. The molecular weight excluding hydrogens is 474 g/mol. The summed E-state index contributed by atoms with van der Waals surface area (Å²) in [5.74, 6) is -9.55. The van der Waals surface area contributed by atoms with E-state index in [1.54, 1.807) is 0 Å². The number of amides is 2. The predicted octanol–water partition coefficient (Wildman–Crippen LogP) is 1.84. The molecule has 3 unspecified atom stereocenters. The highest BCUT2D eigenvalue weighted by atomic mass is 19.3. The number of hydrogen-bond donors (Lipinski definition) is 2. The van der Waals surface area contributed by atoms with Crippen molar-refractivity contribution in [2.75, 3.05) is 6.61 Å². The van der Waals surface area contributed by atoms with Crippen LogP contribution in [0.4, 0.5) is 17.6 Å². The third-order valence-electron chi connectivity index (χ3n) is 7.72. The van der Waals surface area contributed by atoms with Crippen LogP contribution in [-0.4, -0.2) is 51.2 Å². The zero-order chi connectivity index (χ0) is 24.8. The first-order valence-electron chi connectivity index (χ1n) is 11.1. The summed E-state index contributed by atoms with van der Waals surface area (Å²) in [6, 6.07) is 2.04. The van der Waals surface area contributed by atoms with E-state index in [1.807, 2.05) is 0 Å². The number of pyridine rings is 1.